The molecular formula is C44H35P3Ru. The first-order valence-electron chi connectivity index (χ1n) is 15.7. The average Bonchev–Trinajstić information content (AvgIpc) is 3.14. The van der Waals surface area contributed by atoms with Gasteiger partial charge >= 0.3 is 0 Å². The second-order valence-corrected chi connectivity index (χ2v) is 15.7. The number of hydrogen-bond donors (Lipinski definition) is 0. The average molecular weight is 758 g/mol. The first-order chi connectivity index (χ1) is 22.9. The fourth-order valence-electron chi connectivity index (χ4n) is 6.58. The first kappa shape index (κ1) is 34.1. The summed E-state index contributed by atoms with van der Waals surface area (Å²) in [6.07, 6.45) is 0. The van der Waals surface area contributed by atoms with Crippen LogP contribution in [0.3, 0.4) is 0 Å². The third-order valence-electron chi connectivity index (χ3n) is 8.60. The fourth-order valence-corrected chi connectivity index (χ4v) is 11.5. The van der Waals surface area contributed by atoms with Crippen LogP contribution in [0.4, 0.5) is 0 Å². The molecule has 0 nitrogen and oxygen atoms in total. The summed E-state index contributed by atoms with van der Waals surface area (Å²) in [5.41, 5.74) is 2.70. The van der Waals surface area contributed by atoms with E-state index in [0.29, 0.717) is 0 Å². The number of fused-ring (bicyclic) bond motifs is 2. The van der Waals surface area contributed by atoms with E-state index in [9.17, 15) is 0 Å². The molecule has 1 atom stereocenters. The summed E-state index contributed by atoms with van der Waals surface area (Å²) in [6, 6.07) is 71.8. The topological polar surface area (TPSA) is 0 Å². The Morgan fingerprint density at radius 2 is 0.542 bits per heavy atom. The van der Waals surface area contributed by atoms with E-state index in [0.717, 1.165) is 0 Å². The Morgan fingerprint density at radius 3 is 0.854 bits per heavy atom. The fraction of sp³-hybridized carbons (Fsp3) is 0. The monoisotopic (exact) mass is 758 g/mol. The van der Waals surface area contributed by atoms with Gasteiger partial charge in [-0.05, 0) is 80.3 Å². The molecule has 0 saturated heterocycles. The minimum absolute atomic E-state index is 0. The van der Waals surface area contributed by atoms with Gasteiger partial charge < -0.3 is 0 Å². The zero-order valence-electron chi connectivity index (χ0n) is 26.4. The first-order valence-corrected chi connectivity index (χ1v) is 18.4. The van der Waals surface area contributed by atoms with Gasteiger partial charge in [0.1, 0.15) is 0 Å². The van der Waals surface area contributed by atoms with Crippen LogP contribution in [0, 0.1) is 0 Å². The van der Waals surface area contributed by atoms with E-state index in [1.54, 1.807) is 0 Å². The zero-order valence-corrected chi connectivity index (χ0v) is 31.4. The van der Waals surface area contributed by atoms with Crippen LogP contribution in [-0.2, 0) is 19.5 Å². The minimum Gasteiger partial charge on any atom is -0.153 e. The van der Waals surface area contributed by atoms with Crippen LogP contribution in [0.1, 0.15) is 0 Å². The molecular weight excluding hydrogens is 722 g/mol. The molecule has 0 fully saturated rings. The van der Waals surface area contributed by atoms with E-state index in [1.807, 2.05) is 0 Å². The number of benzene rings is 8. The van der Waals surface area contributed by atoms with E-state index in [2.05, 4.69) is 194 Å². The molecule has 0 N–H and O–H groups in total. The van der Waals surface area contributed by atoms with Crippen molar-refractivity contribution in [2.24, 2.45) is 0 Å². The summed E-state index contributed by atoms with van der Waals surface area (Å²) in [7, 11) is -1.70. The molecule has 0 aromatic heterocycles. The molecule has 1 unspecified atom stereocenters. The van der Waals surface area contributed by atoms with Crippen molar-refractivity contribution in [1.29, 1.82) is 0 Å². The molecule has 0 aliphatic carbocycles. The van der Waals surface area contributed by atoms with E-state index in [4.69, 9.17) is 0 Å². The molecule has 8 aromatic rings. The molecule has 0 saturated carbocycles. The summed E-state index contributed by atoms with van der Waals surface area (Å²) >= 11 is 0. The van der Waals surface area contributed by atoms with Gasteiger partial charge in [-0.1, -0.05) is 194 Å². The zero-order chi connectivity index (χ0) is 30.7. The van der Waals surface area contributed by atoms with Gasteiger partial charge in [0.15, 0.2) is 0 Å². The Labute approximate surface area is 302 Å². The van der Waals surface area contributed by atoms with Gasteiger partial charge in [0.25, 0.3) is 0 Å². The molecule has 0 bridgehead atoms. The molecule has 4 heteroatoms. The second kappa shape index (κ2) is 15.6. The van der Waals surface area contributed by atoms with Crippen molar-refractivity contribution in [1.82, 2.24) is 0 Å². The molecule has 0 spiro atoms. The second-order valence-electron chi connectivity index (χ2n) is 11.4. The summed E-state index contributed by atoms with van der Waals surface area (Å²) in [6.45, 7) is 0. The summed E-state index contributed by atoms with van der Waals surface area (Å²) in [5.74, 6) is 0. The Balaban J connectivity index is 0.00000201. The van der Waals surface area contributed by atoms with Crippen LogP contribution < -0.4 is 31.8 Å². The van der Waals surface area contributed by atoms with Crippen molar-refractivity contribution in [2.75, 3.05) is 0 Å². The molecule has 0 radical (unpaired) electrons. The van der Waals surface area contributed by atoms with Crippen LogP contribution in [0.2, 0.25) is 0 Å². The number of rotatable bonds is 7. The third-order valence-corrected chi connectivity index (χ3v) is 13.6. The van der Waals surface area contributed by atoms with E-state index >= 15 is 0 Å². The molecule has 48 heavy (non-hydrogen) atoms. The van der Waals surface area contributed by atoms with Crippen molar-refractivity contribution in [2.45, 2.75) is 0 Å². The Bertz CT molecular complexity index is 2010. The summed E-state index contributed by atoms with van der Waals surface area (Å²) in [4.78, 5) is 0. The largest absolute Gasteiger partial charge is 0.153 e. The normalized spacial score (nSPS) is 11.0. The van der Waals surface area contributed by atoms with Gasteiger partial charge in [0.05, 0.1) is 0 Å². The molecule has 0 aliphatic heterocycles. The van der Waals surface area contributed by atoms with Crippen LogP contribution in [0.15, 0.2) is 194 Å². The van der Waals surface area contributed by atoms with Crippen LogP contribution in [0.25, 0.3) is 32.7 Å². The smallest absolute Gasteiger partial charge is 0 e. The van der Waals surface area contributed by atoms with Crippen LogP contribution in [-0.4, -0.2) is 0 Å². The van der Waals surface area contributed by atoms with Crippen molar-refractivity contribution in [3.8, 4) is 11.1 Å². The van der Waals surface area contributed by atoms with Crippen molar-refractivity contribution < 1.29 is 19.5 Å². The maximum absolute atomic E-state index is 2.42. The molecule has 0 aliphatic rings. The quantitative estimate of drug-likeness (QED) is 0.112. The molecule has 8 aromatic carbocycles. The predicted octanol–water partition coefficient (Wildman–Crippen LogP) is 9.23. The molecule has 0 amide bonds. The van der Waals surface area contributed by atoms with Crippen molar-refractivity contribution in [3.05, 3.63) is 194 Å². The van der Waals surface area contributed by atoms with Gasteiger partial charge in [-0.25, -0.2) is 0 Å². The van der Waals surface area contributed by atoms with E-state index in [1.165, 1.54) is 64.5 Å². The Morgan fingerprint density at radius 1 is 0.271 bits per heavy atom. The predicted molar refractivity (Wildman–Crippen MR) is 215 cm³/mol. The number of hydrogen-bond acceptors (Lipinski definition) is 0. The summed E-state index contributed by atoms with van der Waals surface area (Å²) in [5, 5.41) is 13.3. The standard InChI is InChI=1S/C44H32P2.H3P.Ru/c1-5-19-35(20-6-1)45(36-21-7-2-8-22-36)41-31-29-33-17-13-15-27-39(33)43(41)44-40-28-16-14-18-34(40)30-32-42(44)46(37-23-9-3-10-24-37)38-25-11-4-12-26-38;;/h1-32H;1H3;. The molecule has 0 heterocycles. The van der Waals surface area contributed by atoms with Gasteiger partial charge in [0.2, 0.25) is 0 Å². The summed E-state index contributed by atoms with van der Waals surface area (Å²) < 4.78 is 0. The van der Waals surface area contributed by atoms with Gasteiger partial charge in [0, 0.05) is 19.5 Å². The maximum atomic E-state index is 2.42. The van der Waals surface area contributed by atoms with Gasteiger partial charge in [-0.2, -0.15) is 9.90 Å². The van der Waals surface area contributed by atoms with E-state index < -0.39 is 15.8 Å². The van der Waals surface area contributed by atoms with Gasteiger partial charge in [-0.15, -0.1) is 0 Å². The maximum Gasteiger partial charge on any atom is 0 e. The third kappa shape index (κ3) is 6.60. The van der Waals surface area contributed by atoms with E-state index in [-0.39, 0.29) is 29.4 Å². The molecule has 8 rings (SSSR count). The minimum atomic E-state index is -0.852. The SMILES string of the molecule is P.[Ru].c1ccc(P(c2ccccc2)c2ccc3ccccc3c2-c2c(P(c3ccccc3)c3ccccc3)ccc3ccccc23)cc1. The van der Waals surface area contributed by atoms with Crippen LogP contribution >= 0.6 is 25.7 Å². The Hall–Kier alpha value is -3.81. The van der Waals surface area contributed by atoms with Crippen molar-refractivity contribution in [3.63, 3.8) is 0 Å². The van der Waals surface area contributed by atoms with Crippen LogP contribution in [0.5, 0.6) is 0 Å². The molecule has 234 valence electrons. The van der Waals surface area contributed by atoms with Gasteiger partial charge in [-0.3, -0.25) is 0 Å². The Kier molecular flexibility index (Phi) is 11.1. The van der Waals surface area contributed by atoms with Crippen molar-refractivity contribution >= 4 is 79.1 Å².